The van der Waals surface area contributed by atoms with Crippen molar-refractivity contribution in [3.63, 3.8) is 0 Å². The lowest BCUT2D eigenvalue weighted by atomic mass is 10.0. The largest absolute Gasteiger partial charge is 0.355 e. The quantitative estimate of drug-likeness (QED) is 0.797. The molecule has 2 aromatic rings. The first-order chi connectivity index (χ1) is 12.9. The van der Waals surface area contributed by atoms with Crippen molar-refractivity contribution in [1.82, 2.24) is 14.8 Å². The number of benzene rings is 1. The predicted octanol–water partition coefficient (Wildman–Crippen LogP) is 3.14. The molecule has 1 aliphatic rings. The Morgan fingerprint density at radius 2 is 1.63 bits per heavy atom. The van der Waals surface area contributed by atoms with E-state index < -0.39 is 0 Å². The number of aromatic amines is 1. The summed E-state index contributed by atoms with van der Waals surface area (Å²) in [6.45, 7) is 12.5. The normalized spacial score (nSPS) is 15.9. The molecule has 1 aliphatic heterocycles. The summed E-state index contributed by atoms with van der Waals surface area (Å²) in [5, 5.41) is 0. The molecule has 5 nitrogen and oxygen atoms in total. The standard InChI is InChI=1S/C22H29N3O2/c1-15-7-5-6-8-19(15)13-24-9-11-25(12-10-24)14-20(27)22-16(2)21(18(4)26)17(3)23-22/h5-8,23H,9-14H2,1-4H3. The number of nitrogens with one attached hydrogen (secondary N) is 1. The fourth-order valence-electron chi connectivity index (χ4n) is 3.97. The Morgan fingerprint density at radius 3 is 2.22 bits per heavy atom. The average molecular weight is 367 g/mol. The maximum Gasteiger partial charge on any atom is 0.193 e. The molecule has 0 amide bonds. The van der Waals surface area contributed by atoms with Gasteiger partial charge < -0.3 is 4.98 Å². The number of carbonyl (C=O) groups is 2. The summed E-state index contributed by atoms with van der Waals surface area (Å²) in [7, 11) is 0. The third-order valence-electron chi connectivity index (χ3n) is 5.56. The van der Waals surface area contributed by atoms with Crippen molar-refractivity contribution in [3.8, 4) is 0 Å². The molecule has 2 heterocycles. The van der Waals surface area contributed by atoms with Gasteiger partial charge >= 0.3 is 0 Å². The van der Waals surface area contributed by atoms with Crippen LogP contribution in [0.2, 0.25) is 0 Å². The van der Waals surface area contributed by atoms with Crippen molar-refractivity contribution in [2.45, 2.75) is 34.2 Å². The van der Waals surface area contributed by atoms with Crippen LogP contribution in [-0.2, 0) is 6.54 Å². The highest BCUT2D eigenvalue weighted by Crippen LogP contribution is 2.19. The summed E-state index contributed by atoms with van der Waals surface area (Å²) in [4.78, 5) is 32.3. The summed E-state index contributed by atoms with van der Waals surface area (Å²) < 4.78 is 0. The Kier molecular flexibility index (Phi) is 5.92. The molecule has 1 saturated heterocycles. The van der Waals surface area contributed by atoms with Crippen LogP contribution in [0.5, 0.6) is 0 Å². The fraction of sp³-hybridized carbons (Fsp3) is 0.455. The Bertz CT molecular complexity index is 845. The first-order valence-corrected chi connectivity index (χ1v) is 9.59. The summed E-state index contributed by atoms with van der Waals surface area (Å²) in [5.74, 6) is 0.0700. The summed E-state index contributed by atoms with van der Waals surface area (Å²) >= 11 is 0. The van der Waals surface area contributed by atoms with Crippen molar-refractivity contribution in [1.29, 1.82) is 0 Å². The summed E-state index contributed by atoms with van der Waals surface area (Å²) in [5.41, 5.74) is 5.50. The molecule has 144 valence electrons. The average Bonchev–Trinajstić information content (AvgIpc) is 2.93. The van der Waals surface area contributed by atoms with Crippen LogP contribution in [0.1, 0.15) is 50.2 Å². The van der Waals surface area contributed by atoms with Gasteiger partial charge in [-0.3, -0.25) is 19.4 Å². The number of piperazine rings is 1. The molecule has 0 spiro atoms. The number of H-pyrrole nitrogens is 1. The van der Waals surface area contributed by atoms with Gasteiger partial charge in [0, 0.05) is 44.0 Å². The third kappa shape index (κ3) is 4.37. The minimum Gasteiger partial charge on any atom is -0.355 e. The number of nitrogens with zero attached hydrogens (tertiary/aromatic N) is 2. The minimum absolute atomic E-state index is 0.00474. The SMILES string of the molecule is CC(=O)c1c(C)[nH]c(C(=O)CN2CCN(Cc3ccccc3C)CC2)c1C. The lowest BCUT2D eigenvalue weighted by Crippen LogP contribution is -2.47. The molecule has 0 saturated carbocycles. The van der Waals surface area contributed by atoms with Crippen LogP contribution in [0.3, 0.4) is 0 Å². The second-order valence-corrected chi connectivity index (χ2v) is 7.58. The van der Waals surface area contributed by atoms with E-state index >= 15 is 0 Å². The molecular formula is C22H29N3O2. The van der Waals surface area contributed by atoms with E-state index in [2.05, 4.69) is 46.0 Å². The van der Waals surface area contributed by atoms with Crippen molar-refractivity contribution in [2.75, 3.05) is 32.7 Å². The molecule has 1 N–H and O–H groups in total. The van der Waals surface area contributed by atoms with Gasteiger partial charge in [0.1, 0.15) is 0 Å². The molecule has 1 aromatic carbocycles. The van der Waals surface area contributed by atoms with Gasteiger partial charge in [0.15, 0.2) is 11.6 Å². The van der Waals surface area contributed by atoms with Crippen molar-refractivity contribution >= 4 is 11.6 Å². The fourth-order valence-corrected chi connectivity index (χ4v) is 3.97. The monoisotopic (exact) mass is 367 g/mol. The van der Waals surface area contributed by atoms with Gasteiger partial charge in [0.2, 0.25) is 0 Å². The van der Waals surface area contributed by atoms with Gasteiger partial charge in [-0.1, -0.05) is 24.3 Å². The van der Waals surface area contributed by atoms with Crippen LogP contribution in [0, 0.1) is 20.8 Å². The van der Waals surface area contributed by atoms with Gasteiger partial charge in [0.25, 0.3) is 0 Å². The zero-order valence-electron chi connectivity index (χ0n) is 16.8. The molecule has 0 unspecified atom stereocenters. The van der Waals surface area contributed by atoms with E-state index in [0.717, 1.165) is 44.0 Å². The molecule has 0 radical (unpaired) electrons. The number of rotatable bonds is 6. The minimum atomic E-state index is 0.00474. The topological polar surface area (TPSA) is 56.4 Å². The second kappa shape index (κ2) is 8.19. The van der Waals surface area contributed by atoms with E-state index in [1.54, 1.807) is 6.92 Å². The predicted molar refractivity (Wildman–Crippen MR) is 107 cm³/mol. The Balaban J connectivity index is 1.56. The zero-order chi connectivity index (χ0) is 19.6. The smallest absolute Gasteiger partial charge is 0.193 e. The van der Waals surface area contributed by atoms with Crippen molar-refractivity contribution < 1.29 is 9.59 Å². The molecule has 5 heteroatoms. The first kappa shape index (κ1) is 19.5. The van der Waals surface area contributed by atoms with Crippen LogP contribution in [0.25, 0.3) is 0 Å². The highest BCUT2D eigenvalue weighted by molar-refractivity contribution is 6.03. The molecule has 0 atom stereocenters. The number of aromatic nitrogens is 1. The van der Waals surface area contributed by atoms with E-state index in [-0.39, 0.29) is 11.6 Å². The Hall–Kier alpha value is -2.24. The summed E-state index contributed by atoms with van der Waals surface area (Å²) in [6.07, 6.45) is 0. The molecule has 1 aromatic heterocycles. The summed E-state index contributed by atoms with van der Waals surface area (Å²) in [6, 6.07) is 8.51. The van der Waals surface area contributed by atoms with E-state index in [9.17, 15) is 9.59 Å². The van der Waals surface area contributed by atoms with Crippen LogP contribution < -0.4 is 0 Å². The van der Waals surface area contributed by atoms with Crippen molar-refractivity contribution in [3.05, 3.63) is 57.9 Å². The van der Waals surface area contributed by atoms with E-state index in [0.29, 0.717) is 17.8 Å². The van der Waals surface area contributed by atoms with Crippen LogP contribution in [0.15, 0.2) is 24.3 Å². The number of hydrogen-bond acceptors (Lipinski definition) is 4. The number of Topliss-reactive ketones (excluding diaryl/α,β-unsaturated/α-hetero) is 2. The lowest BCUT2D eigenvalue weighted by Gasteiger charge is -2.34. The number of ketones is 2. The van der Waals surface area contributed by atoms with E-state index in [1.165, 1.54) is 11.1 Å². The maximum atomic E-state index is 12.7. The molecule has 27 heavy (non-hydrogen) atoms. The zero-order valence-corrected chi connectivity index (χ0v) is 16.8. The van der Waals surface area contributed by atoms with Crippen molar-refractivity contribution in [2.24, 2.45) is 0 Å². The number of hydrogen-bond donors (Lipinski definition) is 1. The van der Waals surface area contributed by atoms with Gasteiger partial charge in [-0.05, 0) is 44.4 Å². The molecule has 3 rings (SSSR count). The van der Waals surface area contributed by atoms with Crippen LogP contribution >= 0.6 is 0 Å². The van der Waals surface area contributed by atoms with Crippen LogP contribution in [0.4, 0.5) is 0 Å². The van der Waals surface area contributed by atoms with Gasteiger partial charge in [-0.25, -0.2) is 0 Å². The molecule has 0 bridgehead atoms. The third-order valence-corrected chi connectivity index (χ3v) is 5.56. The van der Waals surface area contributed by atoms with Gasteiger partial charge in [-0.2, -0.15) is 0 Å². The van der Waals surface area contributed by atoms with Gasteiger partial charge in [0.05, 0.1) is 12.2 Å². The van der Waals surface area contributed by atoms with Crippen LogP contribution in [-0.4, -0.2) is 59.1 Å². The second-order valence-electron chi connectivity index (χ2n) is 7.58. The Morgan fingerprint density at radius 1 is 1.00 bits per heavy atom. The van der Waals surface area contributed by atoms with Gasteiger partial charge in [-0.15, -0.1) is 0 Å². The molecule has 0 aliphatic carbocycles. The van der Waals surface area contributed by atoms with E-state index in [4.69, 9.17) is 0 Å². The maximum absolute atomic E-state index is 12.7. The highest BCUT2D eigenvalue weighted by Gasteiger charge is 2.24. The molecule has 1 fully saturated rings. The Labute approximate surface area is 161 Å². The first-order valence-electron chi connectivity index (χ1n) is 9.59. The number of carbonyl (C=O) groups excluding carboxylic acids is 2. The van der Waals surface area contributed by atoms with E-state index in [1.807, 2.05) is 13.8 Å². The number of aryl methyl sites for hydroxylation is 2. The lowest BCUT2D eigenvalue weighted by molar-refractivity contribution is 0.0839. The highest BCUT2D eigenvalue weighted by atomic mass is 16.1. The molecular weight excluding hydrogens is 338 g/mol.